The van der Waals surface area contributed by atoms with E-state index < -0.39 is 0 Å². The Hall–Kier alpha value is -2.22. The van der Waals surface area contributed by atoms with Gasteiger partial charge < -0.3 is 0 Å². The third-order valence-corrected chi connectivity index (χ3v) is 6.66. The summed E-state index contributed by atoms with van der Waals surface area (Å²) in [4.78, 5) is 17.3. The van der Waals surface area contributed by atoms with Gasteiger partial charge in [0.25, 0.3) is 0 Å². The van der Waals surface area contributed by atoms with E-state index in [0.29, 0.717) is 0 Å². The number of carbonyl (C=O) groups excluding carboxylic acids is 1. The Morgan fingerprint density at radius 1 is 1.07 bits per heavy atom. The Morgan fingerprint density at radius 3 is 2.34 bits per heavy atom. The van der Waals surface area contributed by atoms with Crippen LogP contribution in [0.4, 0.5) is 0 Å². The summed E-state index contributed by atoms with van der Waals surface area (Å²) >= 11 is 0. The first-order chi connectivity index (χ1) is 13.8. The molecule has 0 spiro atoms. The molecular formula is C27H35NO. The predicted molar refractivity (Wildman–Crippen MR) is 125 cm³/mol. The number of aromatic nitrogens is 1. The van der Waals surface area contributed by atoms with Gasteiger partial charge >= 0.3 is 0 Å². The second-order valence-electron chi connectivity index (χ2n) is 8.41. The third-order valence-electron chi connectivity index (χ3n) is 6.66. The molecule has 0 N–H and O–H groups in total. The van der Waals surface area contributed by atoms with Gasteiger partial charge in [0.2, 0.25) is 0 Å². The lowest BCUT2D eigenvalue weighted by molar-refractivity contribution is -0.113. The number of nitrogens with zero attached hydrogens (tertiary/aromatic N) is 1. The molecule has 1 aliphatic carbocycles. The molecule has 2 heteroatoms. The van der Waals surface area contributed by atoms with Gasteiger partial charge in [-0.25, -0.2) is 4.98 Å². The van der Waals surface area contributed by atoms with E-state index >= 15 is 0 Å². The highest BCUT2D eigenvalue weighted by Gasteiger charge is 2.22. The standard InChI is InChI=1S/C27H35NO/c1-8-20(21(9-2)19(7)29)14-17(5)27-22(10-3)24-13-11-12-23-18(6)16(4)15-25(28-27)26(23)24/h14-15H,8-13H2,1-7H3/b17-14+,21-20-. The fraction of sp³-hybridized carbons (Fsp3) is 0.481. The van der Waals surface area contributed by atoms with E-state index in [0.717, 1.165) is 54.5 Å². The monoisotopic (exact) mass is 389 g/mol. The lowest BCUT2D eigenvalue weighted by Crippen LogP contribution is -2.11. The highest BCUT2D eigenvalue weighted by molar-refractivity contribution is 5.95. The molecule has 0 atom stereocenters. The lowest BCUT2D eigenvalue weighted by atomic mass is 9.82. The molecular weight excluding hydrogens is 354 g/mol. The van der Waals surface area contributed by atoms with Crippen molar-refractivity contribution in [1.82, 2.24) is 4.98 Å². The van der Waals surface area contributed by atoms with Crippen molar-refractivity contribution >= 4 is 22.3 Å². The van der Waals surface area contributed by atoms with Crippen LogP contribution in [0.3, 0.4) is 0 Å². The normalized spacial score (nSPS) is 14.9. The van der Waals surface area contributed by atoms with Crippen LogP contribution >= 0.6 is 0 Å². The molecule has 0 amide bonds. The number of rotatable bonds is 6. The van der Waals surface area contributed by atoms with E-state index in [1.54, 1.807) is 6.92 Å². The largest absolute Gasteiger partial charge is 0.295 e. The molecule has 1 aromatic heterocycles. The summed E-state index contributed by atoms with van der Waals surface area (Å²) in [6.07, 6.45) is 8.37. The fourth-order valence-electron chi connectivity index (χ4n) is 5.04. The van der Waals surface area contributed by atoms with Crippen LogP contribution in [0, 0.1) is 13.8 Å². The minimum absolute atomic E-state index is 0.182. The Bertz CT molecular complexity index is 1040. The number of allylic oxidation sites excluding steroid dienone is 4. The number of hydrogen-bond donors (Lipinski definition) is 0. The van der Waals surface area contributed by atoms with Crippen molar-refractivity contribution in [3.8, 4) is 0 Å². The summed E-state index contributed by atoms with van der Waals surface area (Å²) in [6, 6.07) is 2.27. The minimum atomic E-state index is 0.182. The van der Waals surface area contributed by atoms with Gasteiger partial charge in [-0.15, -0.1) is 0 Å². The van der Waals surface area contributed by atoms with E-state index in [1.165, 1.54) is 45.2 Å². The van der Waals surface area contributed by atoms with Crippen LogP contribution in [-0.4, -0.2) is 10.8 Å². The molecule has 0 saturated carbocycles. The van der Waals surface area contributed by atoms with Crippen LogP contribution in [-0.2, 0) is 24.1 Å². The maximum atomic E-state index is 12.1. The van der Waals surface area contributed by atoms with Crippen molar-refractivity contribution in [3.05, 3.63) is 56.8 Å². The third kappa shape index (κ3) is 3.82. The van der Waals surface area contributed by atoms with Gasteiger partial charge in [0.05, 0.1) is 11.2 Å². The van der Waals surface area contributed by atoms with Gasteiger partial charge in [-0.2, -0.15) is 0 Å². The highest BCUT2D eigenvalue weighted by atomic mass is 16.1. The zero-order valence-electron chi connectivity index (χ0n) is 19.3. The van der Waals surface area contributed by atoms with Gasteiger partial charge in [0, 0.05) is 5.39 Å². The molecule has 0 radical (unpaired) electrons. The molecule has 0 unspecified atom stereocenters. The van der Waals surface area contributed by atoms with Gasteiger partial charge in [-0.1, -0.05) is 26.8 Å². The molecule has 0 aliphatic heterocycles. The molecule has 3 rings (SSSR count). The number of benzene rings is 1. The molecule has 0 fully saturated rings. The fourth-order valence-corrected chi connectivity index (χ4v) is 5.04. The molecule has 2 nitrogen and oxygen atoms in total. The van der Waals surface area contributed by atoms with E-state index in [9.17, 15) is 4.79 Å². The SMILES string of the molecule is CCC(/C=C(\C)c1nc2cc(C)c(C)c3c2c(c1CC)CCC3)=C(\CC)C(C)=O. The van der Waals surface area contributed by atoms with Gasteiger partial charge in [-0.3, -0.25) is 4.79 Å². The van der Waals surface area contributed by atoms with Crippen LogP contribution in [0.15, 0.2) is 23.3 Å². The maximum Gasteiger partial charge on any atom is 0.156 e. The summed E-state index contributed by atoms with van der Waals surface area (Å²) in [5.74, 6) is 0.182. The van der Waals surface area contributed by atoms with Gasteiger partial charge in [0.15, 0.2) is 5.78 Å². The molecule has 1 heterocycles. The number of hydrogen-bond acceptors (Lipinski definition) is 2. The quantitative estimate of drug-likeness (QED) is 0.393. The van der Waals surface area contributed by atoms with Crippen LogP contribution in [0.1, 0.15) is 87.4 Å². The second kappa shape index (κ2) is 8.65. The first kappa shape index (κ1) is 21.5. The number of Topliss-reactive ketones (excluding diaryl/α,β-unsaturated/α-hetero) is 1. The van der Waals surface area contributed by atoms with E-state index in [-0.39, 0.29) is 5.78 Å². The Morgan fingerprint density at radius 2 is 1.76 bits per heavy atom. The van der Waals surface area contributed by atoms with Crippen molar-refractivity contribution in [2.24, 2.45) is 0 Å². The van der Waals surface area contributed by atoms with Crippen molar-refractivity contribution in [2.75, 3.05) is 0 Å². The molecule has 154 valence electrons. The summed E-state index contributed by atoms with van der Waals surface area (Å²) < 4.78 is 0. The Kier molecular flexibility index (Phi) is 6.41. The summed E-state index contributed by atoms with van der Waals surface area (Å²) in [5.41, 5.74) is 12.7. The van der Waals surface area contributed by atoms with Gasteiger partial charge in [0.1, 0.15) is 0 Å². The number of aryl methyl sites for hydroxylation is 3. The van der Waals surface area contributed by atoms with Crippen molar-refractivity contribution in [2.45, 2.75) is 87.0 Å². The second-order valence-corrected chi connectivity index (χ2v) is 8.41. The summed E-state index contributed by atoms with van der Waals surface area (Å²) in [5, 5.41) is 1.41. The average Bonchev–Trinajstić information content (AvgIpc) is 2.70. The first-order valence-electron chi connectivity index (χ1n) is 11.2. The zero-order valence-corrected chi connectivity index (χ0v) is 19.3. The average molecular weight is 390 g/mol. The predicted octanol–water partition coefficient (Wildman–Crippen LogP) is 7.01. The Labute approximate surface area is 176 Å². The number of carbonyl (C=O) groups is 1. The van der Waals surface area contributed by atoms with Crippen LogP contribution in [0.5, 0.6) is 0 Å². The van der Waals surface area contributed by atoms with Crippen molar-refractivity contribution < 1.29 is 4.79 Å². The minimum Gasteiger partial charge on any atom is -0.295 e. The topological polar surface area (TPSA) is 30.0 Å². The van der Waals surface area contributed by atoms with Crippen LogP contribution in [0.25, 0.3) is 16.5 Å². The van der Waals surface area contributed by atoms with Crippen LogP contribution in [0.2, 0.25) is 0 Å². The Balaban J connectivity index is 2.30. The van der Waals surface area contributed by atoms with E-state index in [1.807, 2.05) is 0 Å². The van der Waals surface area contributed by atoms with Crippen molar-refractivity contribution in [1.29, 1.82) is 0 Å². The lowest BCUT2D eigenvalue weighted by Gasteiger charge is -2.25. The zero-order chi connectivity index (χ0) is 21.3. The highest BCUT2D eigenvalue weighted by Crippen LogP contribution is 2.37. The van der Waals surface area contributed by atoms with Gasteiger partial charge in [-0.05, 0) is 117 Å². The number of ketones is 1. The smallest absolute Gasteiger partial charge is 0.156 e. The molecule has 29 heavy (non-hydrogen) atoms. The molecule has 1 aliphatic rings. The molecule has 1 aromatic carbocycles. The molecule has 0 bridgehead atoms. The molecule has 2 aromatic rings. The van der Waals surface area contributed by atoms with E-state index in [2.05, 4.69) is 53.7 Å². The number of pyridine rings is 1. The summed E-state index contributed by atoms with van der Waals surface area (Å²) in [6.45, 7) is 14.8. The first-order valence-corrected chi connectivity index (χ1v) is 11.2. The maximum absolute atomic E-state index is 12.1. The van der Waals surface area contributed by atoms with Crippen LogP contribution < -0.4 is 0 Å². The molecule has 0 saturated heterocycles. The van der Waals surface area contributed by atoms with Crippen molar-refractivity contribution in [3.63, 3.8) is 0 Å². The van der Waals surface area contributed by atoms with E-state index in [4.69, 9.17) is 4.98 Å². The summed E-state index contributed by atoms with van der Waals surface area (Å²) in [7, 11) is 0.